The van der Waals surface area contributed by atoms with Gasteiger partial charge in [-0.1, -0.05) is 62.6 Å². The van der Waals surface area contributed by atoms with Gasteiger partial charge in [-0.05, 0) is 72.0 Å². The quantitative estimate of drug-likeness (QED) is 0.262. The molecule has 1 aliphatic heterocycles. The number of hydrogen-bond acceptors (Lipinski definition) is 4. The van der Waals surface area contributed by atoms with Gasteiger partial charge < -0.3 is 15.0 Å². The second kappa shape index (κ2) is 13.0. The first-order valence-corrected chi connectivity index (χ1v) is 14.1. The molecule has 0 aliphatic carbocycles. The number of halogens is 1. The van der Waals surface area contributed by atoms with Gasteiger partial charge in [0.25, 0.3) is 0 Å². The fourth-order valence-corrected chi connectivity index (χ4v) is 5.33. The van der Waals surface area contributed by atoms with E-state index in [9.17, 15) is 14.4 Å². The normalized spacial score (nSPS) is 16.1. The van der Waals surface area contributed by atoms with E-state index in [0.717, 1.165) is 47.3 Å². The minimum atomic E-state index is -0.557. The summed E-state index contributed by atoms with van der Waals surface area (Å²) in [4.78, 5) is 39.1. The van der Waals surface area contributed by atoms with Crippen LogP contribution in [-0.4, -0.2) is 24.5 Å². The molecule has 7 nitrogen and oxygen atoms in total. The Bertz CT molecular complexity index is 1370. The maximum absolute atomic E-state index is 12.5. The van der Waals surface area contributed by atoms with Gasteiger partial charge in [-0.25, -0.2) is 4.79 Å². The fourth-order valence-electron chi connectivity index (χ4n) is 5.12. The molecule has 3 aromatic carbocycles. The summed E-state index contributed by atoms with van der Waals surface area (Å²) >= 11 is 6.00. The van der Waals surface area contributed by atoms with Crippen molar-refractivity contribution in [3.8, 4) is 0 Å². The molecule has 0 bridgehead atoms. The number of nitrogens with one attached hydrogen (secondary N) is 2. The van der Waals surface area contributed by atoms with Crippen LogP contribution in [0.15, 0.2) is 66.7 Å². The van der Waals surface area contributed by atoms with Gasteiger partial charge in [-0.15, -0.1) is 0 Å². The lowest BCUT2D eigenvalue weighted by Gasteiger charge is -2.41. The van der Waals surface area contributed by atoms with Gasteiger partial charge >= 0.3 is 6.09 Å². The monoisotopic (exact) mass is 561 g/mol. The first kappa shape index (κ1) is 29.2. The first-order chi connectivity index (χ1) is 19.2. The van der Waals surface area contributed by atoms with Crippen LogP contribution in [0.4, 0.5) is 21.9 Å². The van der Waals surface area contributed by atoms with E-state index < -0.39 is 11.5 Å². The molecule has 3 aromatic rings. The number of amides is 3. The van der Waals surface area contributed by atoms with Crippen molar-refractivity contribution < 1.29 is 19.1 Å². The molecular weight excluding hydrogens is 526 g/mol. The van der Waals surface area contributed by atoms with Gasteiger partial charge in [0.1, 0.15) is 6.61 Å². The van der Waals surface area contributed by atoms with Crippen molar-refractivity contribution in [1.82, 2.24) is 0 Å². The topological polar surface area (TPSA) is 87.7 Å². The fraction of sp³-hybridized carbons (Fsp3) is 0.344. The highest BCUT2D eigenvalue weighted by atomic mass is 35.5. The Balaban J connectivity index is 1.51. The van der Waals surface area contributed by atoms with Crippen molar-refractivity contribution in [3.63, 3.8) is 0 Å². The van der Waals surface area contributed by atoms with Crippen molar-refractivity contribution >= 4 is 46.6 Å². The molecule has 210 valence electrons. The number of fused-ring (bicyclic) bond motifs is 1. The van der Waals surface area contributed by atoms with Crippen LogP contribution < -0.4 is 15.5 Å². The van der Waals surface area contributed by atoms with E-state index in [1.54, 1.807) is 24.0 Å². The summed E-state index contributed by atoms with van der Waals surface area (Å²) in [6.45, 7) is 6.53. The molecule has 0 aromatic heterocycles. The molecule has 2 N–H and O–H groups in total. The van der Waals surface area contributed by atoms with Crippen LogP contribution in [0.1, 0.15) is 69.6 Å². The number of rotatable bonds is 9. The largest absolute Gasteiger partial charge is 0.444 e. The lowest BCUT2D eigenvalue weighted by Crippen LogP contribution is -2.41. The number of unbranched alkanes of at least 4 members (excludes halogenated alkanes) is 2. The number of benzene rings is 3. The zero-order valence-electron chi connectivity index (χ0n) is 23.3. The maximum atomic E-state index is 12.5. The third-order valence-corrected chi connectivity index (χ3v) is 7.65. The van der Waals surface area contributed by atoms with Crippen molar-refractivity contribution in [3.05, 3.63) is 88.4 Å². The average Bonchev–Trinajstić information content (AvgIpc) is 2.93. The molecule has 40 heavy (non-hydrogen) atoms. The minimum Gasteiger partial charge on any atom is -0.444 e. The second-order valence-electron chi connectivity index (χ2n) is 10.4. The molecule has 0 spiro atoms. The predicted octanol–water partition coefficient (Wildman–Crippen LogP) is 7.67. The Kier molecular flexibility index (Phi) is 9.48. The summed E-state index contributed by atoms with van der Waals surface area (Å²) in [5.41, 5.74) is 4.59. The summed E-state index contributed by atoms with van der Waals surface area (Å²) in [5, 5.41) is 6.38. The lowest BCUT2D eigenvalue weighted by atomic mass is 9.70. The van der Waals surface area contributed by atoms with Gasteiger partial charge in [0.15, 0.2) is 0 Å². The van der Waals surface area contributed by atoms with Crippen molar-refractivity contribution in [2.45, 2.75) is 64.9 Å². The highest BCUT2D eigenvalue weighted by Crippen LogP contribution is 2.45. The van der Waals surface area contributed by atoms with E-state index >= 15 is 0 Å². The molecule has 0 fully saturated rings. The molecule has 0 saturated carbocycles. The van der Waals surface area contributed by atoms with Crippen LogP contribution in [-0.2, 0) is 26.3 Å². The van der Waals surface area contributed by atoms with Gasteiger partial charge in [-0.3, -0.25) is 14.9 Å². The predicted molar refractivity (Wildman–Crippen MR) is 160 cm³/mol. The Hall–Kier alpha value is -3.84. The first-order valence-electron chi connectivity index (χ1n) is 13.7. The standard InChI is InChI=1S/C32H36ClN3O4/c1-4-5-6-10-30(38)34-27-15-16-29-28(20-27)32(3,17-18-36(29)22(2)37)24-11-13-26(14-12-24)35-31(39)40-21-23-8-7-9-25(33)19-23/h7-9,11-16,19-20H,4-6,10,17-18,21H2,1-3H3,(H,34,38)(H,35,39). The minimum absolute atomic E-state index is 0.00740. The Labute approximate surface area is 240 Å². The Morgan fingerprint density at radius 3 is 2.42 bits per heavy atom. The van der Waals surface area contributed by atoms with Crippen LogP contribution in [0.25, 0.3) is 0 Å². The number of hydrogen-bond donors (Lipinski definition) is 2. The third kappa shape index (κ3) is 7.02. The van der Waals surface area contributed by atoms with E-state index in [0.29, 0.717) is 30.1 Å². The SMILES string of the molecule is CCCCCC(=O)Nc1ccc2c(c1)C(C)(c1ccc(NC(=O)OCc3cccc(Cl)c3)cc1)CCN2C(C)=O. The summed E-state index contributed by atoms with van der Waals surface area (Å²) in [6, 6.07) is 20.6. The molecule has 1 atom stereocenters. The van der Waals surface area contributed by atoms with Crippen LogP contribution in [0.5, 0.6) is 0 Å². The highest BCUT2D eigenvalue weighted by Gasteiger charge is 2.38. The molecule has 8 heteroatoms. The summed E-state index contributed by atoms with van der Waals surface area (Å²) in [7, 11) is 0. The lowest BCUT2D eigenvalue weighted by molar-refractivity contribution is -0.117. The van der Waals surface area contributed by atoms with Gasteiger partial charge in [-0.2, -0.15) is 0 Å². The summed E-state index contributed by atoms with van der Waals surface area (Å²) < 4.78 is 5.33. The molecule has 1 heterocycles. The average molecular weight is 562 g/mol. The van der Waals surface area contributed by atoms with Gasteiger partial charge in [0.2, 0.25) is 11.8 Å². The van der Waals surface area contributed by atoms with Crippen LogP contribution in [0.3, 0.4) is 0 Å². The van der Waals surface area contributed by atoms with Crippen LogP contribution in [0, 0.1) is 0 Å². The molecule has 1 unspecified atom stereocenters. The summed E-state index contributed by atoms with van der Waals surface area (Å²) in [5.74, 6) is -0.0255. The maximum Gasteiger partial charge on any atom is 0.411 e. The molecule has 4 rings (SSSR count). The zero-order valence-corrected chi connectivity index (χ0v) is 24.0. The Morgan fingerprint density at radius 1 is 0.975 bits per heavy atom. The summed E-state index contributed by atoms with van der Waals surface area (Å²) in [6.07, 6.45) is 3.58. The Morgan fingerprint density at radius 2 is 1.73 bits per heavy atom. The zero-order chi connectivity index (χ0) is 28.7. The molecular formula is C32H36ClN3O4. The van der Waals surface area contributed by atoms with Crippen molar-refractivity contribution in [2.24, 2.45) is 0 Å². The third-order valence-electron chi connectivity index (χ3n) is 7.42. The number of anilines is 3. The van der Waals surface area contributed by atoms with Crippen molar-refractivity contribution in [2.75, 3.05) is 22.1 Å². The molecule has 0 radical (unpaired) electrons. The van der Waals surface area contributed by atoms with E-state index in [1.807, 2.05) is 54.6 Å². The van der Waals surface area contributed by atoms with Gasteiger partial charge in [0.05, 0.1) is 0 Å². The van der Waals surface area contributed by atoms with E-state index in [4.69, 9.17) is 16.3 Å². The smallest absolute Gasteiger partial charge is 0.411 e. The van der Waals surface area contributed by atoms with Gasteiger partial charge in [0, 0.05) is 47.4 Å². The van der Waals surface area contributed by atoms with Crippen molar-refractivity contribution in [1.29, 1.82) is 0 Å². The van der Waals surface area contributed by atoms with Crippen LogP contribution >= 0.6 is 11.6 Å². The molecule has 0 saturated heterocycles. The van der Waals surface area contributed by atoms with E-state index in [2.05, 4.69) is 24.5 Å². The second-order valence-corrected chi connectivity index (χ2v) is 10.8. The number of carbonyl (C=O) groups excluding carboxylic acids is 3. The molecule has 1 aliphatic rings. The number of carbonyl (C=O) groups is 3. The number of ether oxygens (including phenoxy) is 1. The number of nitrogens with zero attached hydrogens (tertiary/aromatic N) is 1. The van der Waals surface area contributed by atoms with E-state index in [1.165, 1.54) is 0 Å². The van der Waals surface area contributed by atoms with E-state index in [-0.39, 0.29) is 18.4 Å². The highest BCUT2D eigenvalue weighted by molar-refractivity contribution is 6.30. The van der Waals surface area contributed by atoms with Crippen LogP contribution in [0.2, 0.25) is 5.02 Å². The molecule has 3 amide bonds.